The van der Waals surface area contributed by atoms with Gasteiger partial charge in [0.2, 0.25) is 0 Å². The zero-order valence-corrected chi connectivity index (χ0v) is 18.2. The zero-order chi connectivity index (χ0) is 20.0. The summed E-state index contributed by atoms with van der Waals surface area (Å²) in [5.41, 5.74) is 3.04. The number of hydrogen-bond donors (Lipinski definition) is 2. The second kappa shape index (κ2) is 9.77. The van der Waals surface area contributed by atoms with Gasteiger partial charge in [0.05, 0.1) is 6.07 Å². The third-order valence-corrected chi connectivity index (χ3v) is 5.36. The van der Waals surface area contributed by atoms with E-state index in [1.54, 1.807) is 18.2 Å². The molecule has 0 aliphatic heterocycles. The standard InChI is InChI=1S/C20H20Br2N2O3/c1-12(2)15-7-13(3-4-19(15)25)8-16-17(21)9-14(10-18(16)22)27-11-20(26)24-6-5-23/h3-4,7,9-10,12,25H,6,8,11H2,1-2H3,(H,24,26). The SMILES string of the molecule is CC(C)c1cc(Cc2c(Br)cc(OCC(=O)NCC#N)cc2Br)ccc1O. The van der Waals surface area contributed by atoms with Crippen LogP contribution in [0.4, 0.5) is 0 Å². The van der Waals surface area contributed by atoms with Crippen molar-refractivity contribution in [3.05, 3.63) is 56.0 Å². The Morgan fingerprint density at radius 1 is 1.26 bits per heavy atom. The van der Waals surface area contributed by atoms with Crippen molar-refractivity contribution in [2.45, 2.75) is 26.2 Å². The van der Waals surface area contributed by atoms with Gasteiger partial charge in [0, 0.05) is 8.95 Å². The van der Waals surface area contributed by atoms with E-state index in [2.05, 4.69) is 37.2 Å². The van der Waals surface area contributed by atoms with Crippen molar-refractivity contribution in [2.75, 3.05) is 13.2 Å². The van der Waals surface area contributed by atoms with Crippen LogP contribution < -0.4 is 10.1 Å². The molecular weight excluding hydrogens is 476 g/mol. The summed E-state index contributed by atoms with van der Waals surface area (Å²) in [6.45, 7) is 3.89. The molecule has 0 aromatic heterocycles. The molecule has 0 aliphatic carbocycles. The van der Waals surface area contributed by atoms with E-state index in [4.69, 9.17) is 10.00 Å². The van der Waals surface area contributed by atoms with Crippen molar-refractivity contribution in [2.24, 2.45) is 0 Å². The van der Waals surface area contributed by atoms with Gasteiger partial charge < -0.3 is 15.2 Å². The minimum Gasteiger partial charge on any atom is -0.508 e. The summed E-state index contributed by atoms with van der Waals surface area (Å²) in [6.07, 6.45) is 0.671. The van der Waals surface area contributed by atoms with Gasteiger partial charge in [0.25, 0.3) is 5.91 Å². The van der Waals surface area contributed by atoms with Crippen LogP contribution in [0.15, 0.2) is 39.3 Å². The molecule has 0 bridgehead atoms. The van der Waals surface area contributed by atoms with Crippen molar-refractivity contribution in [1.29, 1.82) is 5.26 Å². The van der Waals surface area contributed by atoms with E-state index < -0.39 is 0 Å². The van der Waals surface area contributed by atoms with Crippen molar-refractivity contribution < 1.29 is 14.6 Å². The Morgan fingerprint density at radius 2 is 1.93 bits per heavy atom. The first-order valence-corrected chi connectivity index (χ1v) is 9.96. The van der Waals surface area contributed by atoms with Crippen molar-refractivity contribution >= 4 is 37.8 Å². The van der Waals surface area contributed by atoms with Crippen molar-refractivity contribution in [3.8, 4) is 17.6 Å². The molecule has 0 radical (unpaired) electrons. The Kier molecular flexibility index (Phi) is 7.69. The molecular formula is C20H20Br2N2O3. The zero-order valence-electron chi connectivity index (χ0n) is 15.1. The van der Waals surface area contributed by atoms with Crippen molar-refractivity contribution in [1.82, 2.24) is 5.32 Å². The normalized spacial score (nSPS) is 10.5. The van der Waals surface area contributed by atoms with Crippen LogP contribution >= 0.6 is 31.9 Å². The van der Waals surface area contributed by atoms with Crippen LogP contribution in [0.25, 0.3) is 0 Å². The number of rotatable bonds is 7. The molecule has 142 valence electrons. The summed E-state index contributed by atoms with van der Waals surface area (Å²) in [7, 11) is 0. The monoisotopic (exact) mass is 494 g/mol. The lowest BCUT2D eigenvalue weighted by molar-refractivity contribution is -0.122. The molecule has 1 amide bonds. The molecule has 0 heterocycles. The smallest absolute Gasteiger partial charge is 0.258 e. The van der Waals surface area contributed by atoms with Crippen LogP contribution in [-0.2, 0) is 11.2 Å². The fourth-order valence-electron chi connectivity index (χ4n) is 2.55. The van der Waals surface area contributed by atoms with E-state index in [0.717, 1.165) is 25.6 Å². The topological polar surface area (TPSA) is 82.3 Å². The number of nitrogens with zero attached hydrogens (tertiary/aromatic N) is 1. The van der Waals surface area contributed by atoms with Crippen LogP contribution in [0, 0.1) is 11.3 Å². The van der Waals surface area contributed by atoms with Crippen LogP contribution in [0.2, 0.25) is 0 Å². The summed E-state index contributed by atoms with van der Waals surface area (Å²) >= 11 is 7.13. The number of phenols is 1. The number of carbonyl (C=O) groups is 1. The molecule has 2 rings (SSSR count). The predicted molar refractivity (Wildman–Crippen MR) is 111 cm³/mol. The summed E-state index contributed by atoms with van der Waals surface area (Å²) < 4.78 is 7.18. The number of amides is 1. The van der Waals surface area contributed by atoms with Gasteiger partial charge in [-0.1, -0.05) is 57.8 Å². The van der Waals surface area contributed by atoms with Gasteiger partial charge in [-0.05, 0) is 47.2 Å². The van der Waals surface area contributed by atoms with Crippen LogP contribution in [0.1, 0.15) is 36.5 Å². The highest BCUT2D eigenvalue weighted by Crippen LogP contribution is 2.34. The third kappa shape index (κ3) is 5.98. The van der Waals surface area contributed by atoms with Crippen molar-refractivity contribution in [3.63, 3.8) is 0 Å². The molecule has 2 aromatic rings. The minimum absolute atomic E-state index is 0.0421. The second-order valence-electron chi connectivity index (χ2n) is 6.31. The highest BCUT2D eigenvalue weighted by Gasteiger charge is 2.13. The van der Waals surface area contributed by atoms with Gasteiger partial charge in [-0.3, -0.25) is 4.79 Å². The van der Waals surface area contributed by atoms with Gasteiger partial charge in [0.1, 0.15) is 18.0 Å². The first kappa shape index (κ1) is 21.3. The molecule has 0 aliphatic rings. The number of benzene rings is 2. The lowest BCUT2D eigenvalue weighted by Gasteiger charge is -2.14. The third-order valence-electron chi connectivity index (χ3n) is 3.94. The Labute approximate surface area is 175 Å². The maximum atomic E-state index is 11.5. The number of halogens is 2. The number of carbonyl (C=O) groups excluding carboxylic acids is 1. The Morgan fingerprint density at radius 3 is 2.52 bits per heavy atom. The Hall–Kier alpha value is -2.04. The largest absolute Gasteiger partial charge is 0.508 e. The summed E-state index contributed by atoms with van der Waals surface area (Å²) in [5.74, 6) is 0.737. The van der Waals surface area contributed by atoms with Crippen LogP contribution in [0.5, 0.6) is 11.5 Å². The molecule has 2 N–H and O–H groups in total. The predicted octanol–water partition coefficient (Wildman–Crippen LogP) is 4.65. The molecule has 0 saturated carbocycles. The number of nitrogens with one attached hydrogen (secondary N) is 1. The van der Waals surface area contributed by atoms with Gasteiger partial charge >= 0.3 is 0 Å². The summed E-state index contributed by atoms with van der Waals surface area (Å²) in [6, 6.07) is 11.1. The maximum Gasteiger partial charge on any atom is 0.258 e. The van der Waals surface area contributed by atoms with E-state index in [0.29, 0.717) is 17.9 Å². The molecule has 0 atom stereocenters. The minimum atomic E-state index is -0.349. The van der Waals surface area contributed by atoms with E-state index in [1.165, 1.54) is 0 Å². The second-order valence-corrected chi connectivity index (χ2v) is 8.02. The lowest BCUT2D eigenvalue weighted by atomic mass is 9.96. The van der Waals surface area contributed by atoms with Crippen LogP contribution in [-0.4, -0.2) is 24.2 Å². The number of phenolic OH excluding ortho intramolecular Hbond substituents is 1. The van der Waals surface area contributed by atoms with E-state index in [-0.39, 0.29) is 25.0 Å². The number of nitriles is 1. The Balaban J connectivity index is 2.14. The number of aromatic hydroxyl groups is 1. The lowest BCUT2D eigenvalue weighted by Crippen LogP contribution is -2.29. The fraction of sp³-hybridized carbons (Fsp3) is 0.300. The Bertz CT molecular complexity index is 853. The highest BCUT2D eigenvalue weighted by molar-refractivity contribution is 9.11. The molecule has 5 nitrogen and oxygen atoms in total. The van der Waals surface area contributed by atoms with Crippen LogP contribution in [0.3, 0.4) is 0 Å². The molecule has 27 heavy (non-hydrogen) atoms. The summed E-state index contributed by atoms with van der Waals surface area (Å²) in [5, 5.41) is 20.9. The number of hydrogen-bond acceptors (Lipinski definition) is 4. The quantitative estimate of drug-likeness (QED) is 0.547. The van der Waals surface area contributed by atoms with Gasteiger partial charge in [-0.2, -0.15) is 5.26 Å². The fourth-order valence-corrected chi connectivity index (χ4v) is 3.98. The first-order valence-electron chi connectivity index (χ1n) is 8.38. The van der Waals surface area contributed by atoms with Gasteiger partial charge in [-0.25, -0.2) is 0 Å². The molecule has 0 saturated heterocycles. The van der Waals surface area contributed by atoms with E-state index >= 15 is 0 Å². The first-order chi connectivity index (χ1) is 12.8. The summed E-state index contributed by atoms with van der Waals surface area (Å²) in [4.78, 5) is 11.5. The van der Waals surface area contributed by atoms with E-state index in [1.807, 2.05) is 32.0 Å². The average Bonchev–Trinajstić information content (AvgIpc) is 2.62. The highest BCUT2D eigenvalue weighted by atomic mass is 79.9. The molecule has 0 spiro atoms. The molecule has 7 heteroatoms. The van der Waals surface area contributed by atoms with Gasteiger partial charge in [0.15, 0.2) is 6.61 Å². The van der Waals surface area contributed by atoms with E-state index in [9.17, 15) is 9.90 Å². The molecule has 2 aromatic carbocycles. The average molecular weight is 496 g/mol. The number of ether oxygens (including phenoxy) is 1. The van der Waals surface area contributed by atoms with Gasteiger partial charge in [-0.15, -0.1) is 0 Å². The maximum absolute atomic E-state index is 11.5. The molecule has 0 fully saturated rings. The molecule has 0 unspecified atom stereocenters.